The van der Waals surface area contributed by atoms with E-state index in [-0.39, 0.29) is 11.3 Å². The summed E-state index contributed by atoms with van der Waals surface area (Å²) in [6.45, 7) is 13.1. The largest absolute Gasteiger partial charge is 0.338 e. The average Bonchev–Trinajstić information content (AvgIpc) is 2.94. The van der Waals surface area contributed by atoms with Crippen molar-refractivity contribution in [2.45, 2.75) is 39.5 Å². The molecule has 0 spiro atoms. The lowest BCUT2D eigenvalue weighted by atomic mass is 9.91. The first-order valence-electron chi connectivity index (χ1n) is 11.2. The Hall–Kier alpha value is -1.07. The van der Waals surface area contributed by atoms with Crippen molar-refractivity contribution in [1.82, 2.24) is 14.7 Å². The number of benzene rings is 1. The van der Waals surface area contributed by atoms with Crippen LogP contribution in [0.1, 0.15) is 45.1 Å². The molecular weight excluding hydrogens is 417 g/mol. The van der Waals surface area contributed by atoms with Gasteiger partial charge in [-0.05, 0) is 68.1 Å². The van der Waals surface area contributed by atoms with Crippen molar-refractivity contribution in [1.29, 1.82) is 0 Å². The molecule has 2 saturated heterocycles. The molecule has 0 saturated carbocycles. The second-order valence-corrected chi connectivity index (χ2v) is 10.3. The Morgan fingerprint density at radius 2 is 1.57 bits per heavy atom. The minimum Gasteiger partial charge on any atom is -0.338 e. The van der Waals surface area contributed by atoms with Crippen LogP contribution in [0.3, 0.4) is 0 Å². The minimum atomic E-state index is 0.0653. The molecule has 0 unspecified atom stereocenters. The number of halogens is 2. The van der Waals surface area contributed by atoms with E-state index in [0.29, 0.717) is 10.0 Å². The SMILES string of the molecule is CC(C)(CN1CCCCC1)CN1CCCN(C(=O)/C=C/c2ccc(Cl)c(Cl)c2)CC1. The Morgan fingerprint density at radius 1 is 0.900 bits per heavy atom. The van der Waals surface area contributed by atoms with Gasteiger partial charge in [-0.2, -0.15) is 0 Å². The molecule has 3 rings (SSSR count). The molecule has 2 aliphatic heterocycles. The molecule has 0 atom stereocenters. The number of likely N-dealkylation sites (tertiary alicyclic amines) is 1. The zero-order valence-corrected chi connectivity index (χ0v) is 19.9. The molecule has 6 heteroatoms. The van der Waals surface area contributed by atoms with Crippen LogP contribution < -0.4 is 0 Å². The van der Waals surface area contributed by atoms with Gasteiger partial charge in [-0.1, -0.05) is 49.5 Å². The Bertz CT molecular complexity index is 744. The van der Waals surface area contributed by atoms with Gasteiger partial charge in [0.2, 0.25) is 5.91 Å². The molecule has 1 amide bonds. The number of amides is 1. The predicted molar refractivity (Wildman–Crippen MR) is 127 cm³/mol. The molecule has 0 radical (unpaired) electrons. The number of carbonyl (C=O) groups excluding carboxylic acids is 1. The molecule has 1 aromatic rings. The summed E-state index contributed by atoms with van der Waals surface area (Å²) in [6.07, 6.45) is 8.54. The van der Waals surface area contributed by atoms with Gasteiger partial charge in [-0.25, -0.2) is 0 Å². The van der Waals surface area contributed by atoms with Crippen LogP contribution in [-0.2, 0) is 4.79 Å². The van der Waals surface area contributed by atoms with Crippen molar-refractivity contribution in [3.8, 4) is 0 Å². The van der Waals surface area contributed by atoms with Crippen LogP contribution in [0.2, 0.25) is 10.0 Å². The number of carbonyl (C=O) groups is 1. The Kier molecular flexibility index (Phi) is 8.64. The highest BCUT2D eigenvalue weighted by Crippen LogP contribution is 2.24. The molecule has 0 bridgehead atoms. The maximum absolute atomic E-state index is 12.7. The molecule has 1 aromatic carbocycles. The van der Waals surface area contributed by atoms with Crippen LogP contribution >= 0.6 is 23.2 Å². The van der Waals surface area contributed by atoms with Gasteiger partial charge >= 0.3 is 0 Å². The molecule has 4 nitrogen and oxygen atoms in total. The number of rotatable bonds is 6. The highest BCUT2D eigenvalue weighted by Gasteiger charge is 2.27. The van der Waals surface area contributed by atoms with Crippen molar-refractivity contribution in [2.24, 2.45) is 5.41 Å². The molecule has 2 fully saturated rings. The van der Waals surface area contributed by atoms with E-state index in [9.17, 15) is 4.79 Å². The first kappa shape index (κ1) is 23.6. The van der Waals surface area contributed by atoms with Gasteiger partial charge in [0.15, 0.2) is 0 Å². The average molecular weight is 452 g/mol. The summed E-state index contributed by atoms with van der Waals surface area (Å²) in [7, 11) is 0. The van der Waals surface area contributed by atoms with E-state index in [2.05, 4.69) is 23.6 Å². The van der Waals surface area contributed by atoms with E-state index in [0.717, 1.165) is 44.7 Å². The predicted octanol–water partition coefficient (Wildman–Crippen LogP) is 5.05. The second kappa shape index (κ2) is 11.0. The smallest absolute Gasteiger partial charge is 0.246 e. The van der Waals surface area contributed by atoms with Crippen LogP contribution in [0, 0.1) is 5.41 Å². The van der Waals surface area contributed by atoms with Crippen LogP contribution in [0.4, 0.5) is 0 Å². The first-order chi connectivity index (χ1) is 14.3. The Morgan fingerprint density at radius 3 is 2.27 bits per heavy atom. The molecule has 0 N–H and O–H groups in total. The van der Waals surface area contributed by atoms with Crippen molar-refractivity contribution in [3.05, 3.63) is 39.9 Å². The maximum atomic E-state index is 12.7. The van der Waals surface area contributed by atoms with E-state index in [1.165, 1.54) is 38.9 Å². The summed E-state index contributed by atoms with van der Waals surface area (Å²) < 4.78 is 0. The zero-order valence-electron chi connectivity index (χ0n) is 18.4. The normalized spacial score (nSPS) is 19.9. The van der Waals surface area contributed by atoms with Gasteiger partial charge in [0, 0.05) is 38.8 Å². The first-order valence-corrected chi connectivity index (χ1v) is 11.9. The summed E-state index contributed by atoms with van der Waals surface area (Å²) in [5, 5.41) is 1.03. The molecule has 0 aromatic heterocycles. The standard InChI is InChI=1S/C24H35Cl2N3O/c1-24(2,18-27-11-4-3-5-12-27)19-28-13-6-14-29(16-15-28)23(30)10-8-20-7-9-21(25)22(26)17-20/h7-10,17H,3-6,11-16,18-19H2,1-2H3/b10-8+. The molecule has 30 heavy (non-hydrogen) atoms. The fourth-order valence-electron chi connectivity index (χ4n) is 4.62. The van der Waals surface area contributed by atoms with Crippen molar-refractivity contribution < 1.29 is 4.79 Å². The third-order valence-corrected chi connectivity index (χ3v) is 6.75. The Labute approximate surface area is 191 Å². The van der Waals surface area contributed by atoms with Gasteiger partial charge < -0.3 is 14.7 Å². The van der Waals surface area contributed by atoms with Crippen molar-refractivity contribution >= 4 is 35.2 Å². The molecule has 2 aliphatic rings. The molecule has 166 valence electrons. The van der Waals surface area contributed by atoms with E-state index in [1.807, 2.05) is 17.0 Å². The van der Waals surface area contributed by atoms with Gasteiger partial charge in [0.05, 0.1) is 10.0 Å². The van der Waals surface area contributed by atoms with E-state index in [4.69, 9.17) is 23.2 Å². The molecule has 0 aliphatic carbocycles. The third-order valence-electron chi connectivity index (χ3n) is 6.01. The zero-order chi connectivity index (χ0) is 21.6. The van der Waals surface area contributed by atoms with Crippen molar-refractivity contribution in [3.63, 3.8) is 0 Å². The lowest BCUT2D eigenvalue weighted by Gasteiger charge is -2.38. The van der Waals surface area contributed by atoms with Gasteiger partial charge in [-0.15, -0.1) is 0 Å². The van der Waals surface area contributed by atoms with E-state index < -0.39 is 0 Å². The van der Waals surface area contributed by atoms with Gasteiger partial charge in [0.25, 0.3) is 0 Å². The number of hydrogen-bond acceptors (Lipinski definition) is 3. The summed E-state index contributed by atoms with van der Waals surface area (Å²) in [5.41, 5.74) is 1.15. The van der Waals surface area contributed by atoms with Crippen LogP contribution in [0.15, 0.2) is 24.3 Å². The highest BCUT2D eigenvalue weighted by molar-refractivity contribution is 6.42. The van der Waals surface area contributed by atoms with Gasteiger partial charge in [0.1, 0.15) is 0 Å². The fourth-order valence-corrected chi connectivity index (χ4v) is 4.92. The van der Waals surface area contributed by atoms with Gasteiger partial charge in [-0.3, -0.25) is 4.79 Å². The van der Waals surface area contributed by atoms with E-state index in [1.54, 1.807) is 18.2 Å². The Balaban J connectivity index is 1.49. The highest BCUT2D eigenvalue weighted by atomic mass is 35.5. The summed E-state index contributed by atoms with van der Waals surface area (Å²) in [6, 6.07) is 5.40. The lowest BCUT2D eigenvalue weighted by molar-refractivity contribution is -0.125. The number of nitrogens with zero attached hydrogens (tertiary/aromatic N) is 3. The lowest BCUT2D eigenvalue weighted by Crippen LogP contribution is -2.45. The summed E-state index contributed by atoms with van der Waals surface area (Å²) in [4.78, 5) is 19.8. The fraction of sp³-hybridized carbons (Fsp3) is 0.625. The van der Waals surface area contributed by atoms with Crippen LogP contribution in [-0.4, -0.2) is 73.0 Å². The minimum absolute atomic E-state index is 0.0653. The van der Waals surface area contributed by atoms with E-state index >= 15 is 0 Å². The third kappa shape index (κ3) is 7.26. The number of piperidine rings is 1. The van der Waals surface area contributed by atoms with Crippen LogP contribution in [0.5, 0.6) is 0 Å². The number of hydrogen-bond donors (Lipinski definition) is 0. The monoisotopic (exact) mass is 451 g/mol. The van der Waals surface area contributed by atoms with Crippen LogP contribution in [0.25, 0.3) is 6.08 Å². The topological polar surface area (TPSA) is 26.8 Å². The molecule has 2 heterocycles. The molecular formula is C24H35Cl2N3O. The quantitative estimate of drug-likeness (QED) is 0.565. The second-order valence-electron chi connectivity index (χ2n) is 9.46. The van der Waals surface area contributed by atoms with Crippen molar-refractivity contribution in [2.75, 3.05) is 52.4 Å². The summed E-state index contributed by atoms with van der Waals surface area (Å²) in [5.74, 6) is 0.0653. The maximum Gasteiger partial charge on any atom is 0.246 e. The summed E-state index contributed by atoms with van der Waals surface area (Å²) >= 11 is 12.0.